The Morgan fingerprint density at radius 3 is 2.79 bits per heavy atom. The molecule has 2 rings (SSSR count). The van der Waals surface area contributed by atoms with Gasteiger partial charge in [0.15, 0.2) is 5.82 Å². The van der Waals surface area contributed by atoms with Gasteiger partial charge in [0.25, 0.3) is 5.91 Å². The minimum Gasteiger partial charge on any atom is -0.396 e. The van der Waals surface area contributed by atoms with Crippen LogP contribution in [0.15, 0.2) is 12.1 Å². The lowest BCUT2D eigenvalue weighted by Crippen LogP contribution is -2.62. The van der Waals surface area contributed by atoms with E-state index in [-0.39, 0.29) is 11.6 Å². The van der Waals surface area contributed by atoms with Crippen molar-refractivity contribution in [3.8, 4) is 0 Å². The van der Waals surface area contributed by atoms with E-state index in [9.17, 15) is 9.59 Å². The summed E-state index contributed by atoms with van der Waals surface area (Å²) in [6.45, 7) is 4.63. The number of aromatic nitrogens is 1. The van der Waals surface area contributed by atoms with Crippen LogP contribution in [0.4, 0.5) is 11.5 Å². The molecule has 1 aliphatic rings. The van der Waals surface area contributed by atoms with E-state index in [0.717, 1.165) is 0 Å². The number of carbonyl (C=O) groups is 2. The summed E-state index contributed by atoms with van der Waals surface area (Å²) in [6, 6.07) is 3.04. The van der Waals surface area contributed by atoms with Crippen molar-refractivity contribution < 1.29 is 9.59 Å². The molecule has 5 N–H and O–H groups in total. The fourth-order valence-corrected chi connectivity index (χ4v) is 2.08. The van der Waals surface area contributed by atoms with Crippen LogP contribution in [0.25, 0.3) is 0 Å². The number of nitrogen functional groups attached to an aromatic ring is 1. The van der Waals surface area contributed by atoms with E-state index >= 15 is 0 Å². The Labute approximate surface area is 111 Å². The first kappa shape index (κ1) is 13.1. The summed E-state index contributed by atoms with van der Waals surface area (Å²) in [6.07, 6.45) is 0. The van der Waals surface area contributed by atoms with Crippen LogP contribution in [0.5, 0.6) is 0 Å². The molecule has 0 aliphatic carbocycles. The highest BCUT2D eigenvalue weighted by atomic mass is 16.2. The van der Waals surface area contributed by atoms with Gasteiger partial charge in [-0.05, 0) is 26.0 Å². The minimum atomic E-state index is -0.782. The fraction of sp³-hybridized carbons (Fsp3) is 0.417. The smallest absolute Gasteiger partial charge is 0.267 e. The third-order valence-electron chi connectivity index (χ3n) is 3.26. The first-order valence-corrected chi connectivity index (χ1v) is 5.96. The van der Waals surface area contributed by atoms with Gasteiger partial charge in [-0.3, -0.25) is 9.59 Å². The van der Waals surface area contributed by atoms with Crippen molar-refractivity contribution in [3.05, 3.63) is 17.8 Å². The highest BCUT2D eigenvalue weighted by Gasteiger charge is 2.39. The van der Waals surface area contributed by atoms with E-state index in [1.807, 2.05) is 0 Å². The third kappa shape index (κ3) is 2.18. The predicted molar refractivity (Wildman–Crippen MR) is 71.6 cm³/mol. The lowest BCUT2D eigenvalue weighted by Gasteiger charge is -2.42. The molecular formula is C12H17N5O2. The van der Waals surface area contributed by atoms with Crippen LogP contribution in [0.1, 0.15) is 24.3 Å². The number of piperazine rings is 1. The van der Waals surface area contributed by atoms with Gasteiger partial charge in [-0.1, -0.05) is 0 Å². The Hall–Kier alpha value is -2.31. The van der Waals surface area contributed by atoms with E-state index < -0.39 is 11.4 Å². The summed E-state index contributed by atoms with van der Waals surface area (Å²) in [5, 5.41) is 2.79. The molecule has 1 fully saturated rings. The molecule has 1 aromatic rings. The third-order valence-corrected chi connectivity index (χ3v) is 3.26. The molecule has 7 heteroatoms. The molecule has 7 nitrogen and oxygen atoms in total. The number of rotatable bonds is 2. The van der Waals surface area contributed by atoms with Gasteiger partial charge in [0.1, 0.15) is 11.2 Å². The van der Waals surface area contributed by atoms with Gasteiger partial charge in [-0.25, -0.2) is 4.98 Å². The van der Waals surface area contributed by atoms with Gasteiger partial charge in [0.05, 0.1) is 5.69 Å². The number of pyridine rings is 1. The molecular weight excluding hydrogens is 246 g/mol. The van der Waals surface area contributed by atoms with Crippen molar-refractivity contribution in [1.29, 1.82) is 0 Å². The van der Waals surface area contributed by atoms with Crippen molar-refractivity contribution >= 4 is 23.3 Å². The van der Waals surface area contributed by atoms with E-state index in [2.05, 4.69) is 10.3 Å². The van der Waals surface area contributed by atoms with Crippen molar-refractivity contribution in [3.63, 3.8) is 0 Å². The number of primary amides is 1. The zero-order valence-electron chi connectivity index (χ0n) is 10.9. The molecule has 1 aliphatic heterocycles. The normalized spacial score (nSPS) is 18.0. The second kappa shape index (κ2) is 4.42. The molecule has 0 spiro atoms. The maximum absolute atomic E-state index is 11.9. The summed E-state index contributed by atoms with van der Waals surface area (Å²) in [7, 11) is 0. The van der Waals surface area contributed by atoms with Crippen LogP contribution in [0.2, 0.25) is 0 Å². The van der Waals surface area contributed by atoms with Gasteiger partial charge >= 0.3 is 0 Å². The number of hydrogen-bond donors (Lipinski definition) is 3. The number of nitrogens with one attached hydrogen (secondary N) is 1. The monoisotopic (exact) mass is 263 g/mol. The SMILES string of the molecule is CC1(C)C(=O)NCCN1c1nc(C(N)=O)ccc1N. The topological polar surface area (TPSA) is 114 Å². The largest absolute Gasteiger partial charge is 0.396 e. The predicted octanol–water partition coefficient (Wildman–Crippen LogP) is -0.522. The molecule has 1 aromatic heterocycles. The number of nitrogens with two attached hydrogens (primary N) is 2. The van der Waals surface area contributed by atoms with E-state index in [1.54, 1.807) is 24.8 Å². The average Bonchev–Trinajstić information content (AvgIpc) is 2.33. The van der Waals surface area contributed by atoms with E-state index in [4.69, 9.17) is 11.5 Å². The molecule has 0 bridgehead atoms. The Balaban J connectivity index is 2.48. The average molecular weight is 263 g/mol. The van der Waals surface area contributed by atoms with Crippen LogP contribution in [0, 0.1) is 0 Å². The summed E-state index contributed by atoms with van der Waals surface area (Å²) < 4.78 is 0. The first-order valence-electron chi connectivity index (χ1n) is 5.96. The summed E-state index contributed by atoms with van der Waals surface area (Å²) in [4.78, 5) is 29.1. The molecule has 19 heavy (non-hydrogen) atoms. The molecule has 0 radical (unpaired) electrons. The molecule has 2 heterocycles. The second-order valence-corrected chi connectivity index (χ2v) is 4.94. The highest BCUT2D eigenvalue weighted by Crippen LogP contribution is 2.29. The van der Waals surface area contributed by atoms with Gasteiger partial charge in [-0.2, -0.15) is 0 Å². The molecule has 0 atom stereocenters. The van der Waals surface area contributed by atoms with Crippen LogP contribution in [0.3, 0.4) is 0 Å². The number of amides is 2. The first-order chi connectivity index (χ1) is 8.84. The summed E-state index contributed by atoms with van der Waals surface area (Å²) >= 11 is 0. The Bertz CT molecular complexity index is 541. The van der Waals surface area contributed by atoms with Crippen LogP contribution < -0.4 is 21.7 Å². The van der Waals surface area contributed by atoms with Crippen molar-refractivity contribution in [2.75, 3.05) is 23.7 Å². The minimum absolute atomic E-state index is 0.107. The molecule has 1 saturated heterocycles. The number of carbonyl (C=O) groups excluding carboxylic acids is 2. The van der Waals surface area contributed by atoms with Crippen molar-refractivity contribution in [2.45, 2.75) is 19.4 Å². The molecule has 0 aromatic carbocycles. The van der Waals surface area contributed by atoms with Gasteiger partial charge in [-0.15, -0.1) is 0 Å². The fourth-order valence-electron chi connectivity index (χ4n) is 2.08. The number of anilines is 2. The van der Waals surface area contributed by atoms with Gasteiger partial charge in [0.2, 0.25) is 5.91 Å². The Kier molecular flexibility index (Phi) is 3.05. The lowest BCUT2D eigenvalue weighted by atomic mass is 9.98. The summed E-state index contributed by atoms with van der Waals surface area (Å²) in [5.41, 5.74) is 10.9. The Morgan fingerprint density at radius 2 is 2.16 bits per heavy atom. The molecule has 102 valence electrons. The van der Waals surface area contributed by atoms with E-state index in [0.29, 0.717) is 24.6 Å². The van der Waals surface area contributed by atoms with E-state index in [1.165, 1.54) is 6.07 Å². The number of hydrogen-bond acceptors (Lipinski definition) is 5. The lowest BCUT2D eigenvalue weighted by molar-refractivity contribution is -0.126. The summed E-state index contributed by atoms with van der Waals surface area (Å²) in [5.74, 6) is -0.318. The van der Waals surface area contributed by atoms with Crippen LogP contribution in [-0.4, -0.2) is 35.4 Å². The standard InChI is InChI=1S/C12H17N5O2/c1-12(2)11(19)15-5-6-17(12)10-7(13)3-4-8(16-10)9(14)18/h3-4H,5-6,13H2,1-2H3,(H2,14,18)(H,15,19). The van der Waals surface area contributed by atoms with Crippen LogP contribution in [-0.2, 0) is 4.79 Å². The molecule has 0 unspecified atom stereocenters. The van der Waals surface area contributed by atoms with Gasteiger partial charge < -0.3 is 21.7 Å². The van der Waals surface area contributed by atoms with Crippen molar-refractivity contribution in [2.24, 2.45) is 5.73 Å². The molecule has 2 amide bonds. The number of nitrogens with zero attached hydrogens (tertiary/aromatic N) is 2. The molecule has 0 saturated carbocycles. The van der Waals surface area contributed by atoms with Crippen molar-refractivity contribution in [1.82, 2.24) is 10.3 Å². The zero-order valence-corrected chi connectivity index (χ0v) is 10.9. The second-order valence-electron chi connectivity index (χ2n) is 4.94. The Morgan fingerprint density at radius 1 is 1.47 bits per heavy atom. The quantitative estimate of drug-likeness (QED) is 0.664. The zero-order chi connectivity index (χ0) is 14.2. The van der Waals surface area contributed by atoms with Gasteiger partial charge in [0, 0.05) is 13.1 Å². The maximum atomic E-state index is 11.9. The highest BCUT2D eigenvalue weighted by molar-refractivity contribution is 5.94. The maximum Gasteiger partial charge on any atom is 0.267 e. The van der Waals surface area contributed by atoms with Crippen LogP contribution >= 0.6 is 0 Å².